The van der Waals surface area contributed by atoms with Crippen LogP contribution in [0.5, 0.6) is 5.75 Å². The van der Waals surface area contributed by atoms with Gasteiger partial charge in [0.2, 0.25) is 0 Å². The number of anilines is 1. The largest absolute Gasteiger partial charge is 0.488 e. The van der Waals surface area contributed by atoms with Crippen molar-refractivity contribution in [3.8, 4) is 5.75 Å². The fraction of sp³-hybridized carbons (Fsp3) is 0.0417. The zero-order valence-corrected chi connectivity index (χ0v) is 19.2. The highest BCUT2D eigenvalue weighted by molar-refractivity contribution is 9.10. The van der Waals surface area contributed by atoms with Crippen LogP contribution in [0, 0.1) is 5.82 Å². The van der Waals surface area contributed by atoms with Gasteiger partial charge in [-0.05, 0) is 69.5 Å². The van der Waals surface area contributed by atoms with Crippen LogP contribution in [-0.2, 0) is 16.2 Å². The van der Waals surface area contributed by atoms with Crippen LogP contribution in [0.25, 0.3) is 6.08 Å². The predicted octanol–water partition coefficient (Wildman–Crippen LogP) is 5.49. The van der Waals surface area contributed by atoms with Crippen molar-refractivity contribution in [2.45, 2.75) is 6.61 Å². The Labute approximate surface area is 201 Å². The second kappa shape index (κ2) is 9.56. The second-order valence-corrected chi connectivity index (χ2v) is 8.28. The molecule has 0 aromatic heterocycles. The summed E-state index contributed by atoms with van der Waals surface area (Å²) < 4.78 is 19.6. The Morgan fingerprint density at radius 1 is 1.03 bits per heavy atom. The molecule has 0 atom stereocenters. The van der Waals surface area contributed by atoms with Crippen LogP contribution in [0.3, 0.4) is 0 Å². The van der Waals surface area contributed by atoms with Crippen LogP contribution < -0.4 is 15.0 Å². The summed E-state index contributed by atoms with van der Waals surface area (Å²) in [5.41, 5.74) is 1.13. The molecule has 33 heavy (non-hydrogen) atoms. The molecular formula is C24H15BrClFN2O4. The first-order valence-corrected chi connectivity index (χ1v) is 10.8. The van der Waals surface area contributed by atoms with E-state index in [0.29, 0.717) is 21.3 Å². The lowest BCUT2D eigenvalue weighted by atomic mass is 10.1. The summed E-state index contributed by atoms with van der Waals surface area (Å²) in [6, 6.07) is 16.5. The number of hydrogen-bond donors (Lipinski definition) is 1. The number of benzene rings is 3. The molecule has 4 amide bonds. The number of nitrogens with zero attached hydrogens (tertiary/aromatic N) is 1. The number of nitrogens with one attached hydrogen (secondary N) is 1. The summed E-state index contributed by atoms with van der Waals surface area (Å²) in [7, 11) is 0. The zero-order chi connectivity index (χ0) is 23.5. The minimum Gasteiger partial charge on any atom is -0.488 e. The van der Waals surface area contributed by atoms with Gasteiger partial charge in [-0.3, -0.25) is 14.9 Å². The molecule has 4 rings (SSSR count). The Kier molecular flexibility index (Phi) is 6.57. The SMILES string of the molecule is O=C1NC(=O)N(c2ccccc2Cl)C(=O)/C1=C/c1ccc(OCc2cccc(F)c2)c(Br)c1. The molecule has 1 N–H and O–H groups in total. The average Bonchev–Trinajstić information content (AvgIpc) is 2.77. The van der Waals surface area contributed by atoms with Crippen LogP contribution in [0.4, 0.5) is 14.9 Å². The highest BCUT2D eigenvalue weighted by Gasteiger charge is 2.37. The summed E-state index contributed by atoms with van der Waals surface area (Å²) in [6.07, 6.45) is 1.37. The molecule has 0 unspecified atom stereocenters. The number of para-hydroxylation sites is 1. The van der Waals surface area contributed by atoms with E-state index in [0.717, 1.165) is 4.90 Å². The molecule has 0 aliphatic carbocycles. The first-order chi connectivity index (χ1) is 15.8. The second-order valence-electron chi connectivity index (χ2n) is 7.02. The Bertz CT molecular complexity index is 1310. The van der Waals surface area contributed by atoms with Gasteiger partial charge in [0.1, 0.15) is 23.7 Å². The third-order valence-electron chi connectivity index (χ3n) is 4.75. The fourth-order valence-corrected chi connectivity index (χ4v) is 3.92. The smallest absolute Gasteiger partial charge is 0.335 e. The maximum absolute atomic E-state index is 13.3. The number of urea groups is 1. The van der Waals surface area contributed by atoms with E-state index >= 15 is 0 Å². The Balaban J connectivity index is 1.57. The van der Waals surface area contributed by atoms with E-state index in [-0.39, 0.29) is 28.7 Å². The molecule has 9 heteroatoms. The van der Waals surface area contributed by atoms with Gasteiger partial charge in [-0.2, -0.15) is 0 Å². The van der Waals surface area contributed by atoms with Crippen molar-refractivity contribution in [2.24, 2.45) is 0 Å². The van der Waals surface area contributed by atoms with Crippen LogP contribution in [0.15, 0.2) is 76.8 Å². The van der Waals surface area contributed by atoms with Gasteiger partial charge in [0.15, 0.2) is 0 Å². The van der Waals surface area contributed by atoms with Gasteiger partial charge in [-0.15, -0.1) is 0 Å². The number of halogens is 3. The first kappa shape index (κ1) is 22.7. The van der Waals surface area contributed by atoms with Crippen molar-refractivity contribution in [2.75, 3.05) is 4.90 Å². The molecule has 0 spiro atoms. The van der Waals surface area contributed by atoms with E-state index in [1.54, 1.807) is 42.5 Å². The van der Waals surface area contributed by atoms with E-state index in [4.69, 9.17) is 16.3 Å². The van der Waals surface area contributed by atoms with Crippen molar-refractivity contribution in [1.82, 2.24) is 5.32 Å². The monoisotopic (exact) mass is 528 g/mol. The summed E-state index contributed by atoms with van der Waals surface area (Å²) in [4.78, 5) is 38.5. The van der Waals surface area contributed by atoms with E-state index in [1.165, 1.54) is 30.3 Å². The van der Waals surface area contributed by atoms with E-state index in [1.807, 2.05) is 0 Å². The highest BCUT2D eigenvalue weighted by atomic mass is 79.9. The number of amides is 4. The molecule has 1 fully saturated rings. The van der Waals surface area contributed by atoms with Crippen molar-refractivity contribution < 1.29 is 23.5 Å². The molecule has 1 heterocycles. The molecule has 3 aromatic rings. The first-order valence-electron chi connectivity index (χ1n) is 9.66. The third kappa shape index (κ3) is 4.97. The van der Waals surface area contributed by atoms with Crippen molar-refractivity contribution >= 4 is 57.1 Å². The number of hydrogen-bond acceptors (Lipinski definition) is 4. The number of imide groups is 2. The van der Waals surface area contributed by atoms with Crippen LogP contribution in [0.2, 0.25) is 5.02 Å². The standard InChI is InChI=1S/C24H15BrClFN2O4/c25-18-12-14(8-9-21(18)33-13-15-4-3-5-16(27)10-15)11-17-22(30)28-24(32)29(23(17)31)20-7-2-1-6-19(20)26/h1-12H,13H2,(H,28,30,32)/b17-11+. The third-order valence-corrected chi connectivity index (χ3v) is 5.68. The van der Waals surface area contributed by atoms with Gasteiger partial charge in [0.05, 0.1) is 15.2 Å². The lowest BCUT2D eigenvalue weighted by Gasteiger charge is -2.27. The summed E-state index contributed by atoms with van der Waals surface area (Å²) in [5, 5.41) is 2.35. The lowest BCUT2D eigenvalue weighted by molar-refractivity contribution is -0.122. The van der Waals surface area contributed by atoms with Gasteiger partial charge >= 0.3 is 6.03 Å². The molecule has 1 saturated heterocycles. The van der Waals surface area contributed by atoms with E-state index < -0.39 is 17.8 Å². The number of ether oxygens (including phenoxy) is 1. The van der Waals surface area contributed by atoms with Gasteiger partial charge in [0.25, 0.3) is 11.8 Å². The predicted molar refractivity (Wildman–Crippen MR) is 125 cm³/mol. The molecule has 0 saturated carbocycles. The minimum atomic E-state index is -0.877. The number of barbiturate groups is 1. The quantitative estimate of drug-likeness (QED) is 0.350. The number of carbonyl (C=O) groups is 3. The van der Waals surface area contributed by atoms with Gasteiger partial charge in [-0.25, -0.2) is 14.1 Å². The molecule has 166 valence electrons. The van der Waals surface area contributed by atoms with Crippen LogP contribution in [0.1, 0.15) is 11.1 Å². The van der Waals surface area contributed by atoms with Crippen molar-refractivity contribution in [3.63, 3.8) is 0 Å². The minimum absolute atomic E-state index is 0.159. The van der Waals surface area contributed by atoms with Crippen molar-refractivity contribution in [3.05, 3.63) is 98.7 Å². The van der Waals surface area contributed by atoms with E-state index in [9.17, 15) is 18.8 Å². The molecule has 0 bridgehead atoms. The molecule has 1 aliphatic heterocycles. The number of carbonyl (C=O) groups excluding carboxylic acids is 3. The molecular weight excluding hydrogens is 515 g/mol. The Hall–Kier alpha value is -3.49. The maximum Gasteiger partial charge on any atom is 0.335 e. The van der Waals surface area contributed by atoms with Gasteiger partial charge in [-0.1, -0.05) is 41.9 Å². The highest BCUT2D eigenvalue weighted by Crippen LogP contribution is 2.30. The topological polar surface area (TPSA) is 75.7 Å². The normalized spacial score (nSPS) is 15.1. The molecule has 3 aromatic carbocycles. The summed E-state index contributed by atoms with van der Waals surface area (Å²) >= 11 is 9.54. The number of rotatable bonds is 5. The molecule has 1 aliphatic rings. The zero-order valence-electron chi connectivity index (χ0n) is 16.8. The van der Waals surface area contributed by atoms with Gasteiger partial charge < -0.3 is 4.74 Å². The summed E-state index contributed by atoms with van der Waals surface area (Å²) in [6.45, 7) is 0.159. The molecule has 6 nitrogen and oxygen atoms in total. The van der Waals surface area contributed by atoms with Crippen LogP contribution >= 0.6 is 27.5 Å². The van der Waals surface area contributed by atoms with E-state index in [2.05, 4.69) is 21.2 Å². The Morgan fingerprint density at radius 3 is 2.55 bits per heavy atom. The lowest BCUT2D eigenvalue weighted by Crippen LogP contribution is -2.54. The summed E-state index contributed by atoms with van der Waals surface area (Å²) in [5.74, 6) is -1.46. The van der Waals surface area contributed by atoms with Crippen molar-refractivity contribution in [1.29, 1.82) is 0 Å². The fourth-order valence-electron chi connectivity index (χ4n) is 3.19. The average molecular weight is 530 g/mol. The van der Waals surface area contributed by atoms with Gasteiger partial charge in [0, 0.05) is 0 Å². The maximum atomic E-state index is 13.3. The van der Waals surface area contributed by atoms with Crippen LogP contribution in [-0.4, -0.2) is 17.8 Å². The Morgan fingerprint density at radius 2 is 1.82 bits per heavy atom. The molecule has 0 radical (unpaired) electrons.